The van der Waals surface area contributed by atoms with Crippen molar-refractivity contribution in [1.82, 2.24) is 10.0 Å². The summed E-state index contributed by atoms with van der Waals surface area (Å²) in [4.78, 5) is 0.109. The molecule has 0 saturated carbocycles. The molecular weight excluding hydrogens is 280 g/mol. The zero-order valence-electron chi connectivity index (χ0n) is 11.7. The highest BCUT2D eigenvalue weighted by atomic mass is 32.2. The predicted molar refractivity (Wildman–Crippen MR) is 75.8 cm³/mol. The topological polar surface area (TPSA) is 76.7 Å². The van der Waals surface area contributed by atoms with E-state index in [-0.39, 0.29) is 10.9 Å². The van der Waals surface area contributed by atoms with Gasteiger partial charge in [-0.3, -0.25) is 0 Å². The molecule has 20 heavy (non-hydrogen) atoms. The van der Waals surface area contributed by atoms with E-state index in [1.54, 1.807) is 12.1 Å². The molecule has 0 radical (unpaired) electrons. The standard InChI is InChI=1S/C13H20N2O4S/c1-18-11-3-4-12(19-2)13(9-11)20(16,17)15-10-5-7-14-8-6-10/h3-4,9-10,14-15H,5-8H2,1-2H3. The van der Waals surface area contributed by atoms with Crippen molar-refractivity contribution in [2.75, 3.05) is 27.3 Å². The van der Waals surface area contributed by atoms with Gasteiger partial charge in [0.05, 0.1) is 14.2 Å². The summed E-state index contributed by atoms with van der Waals surface area (Å²) >= 11 is 0. The van der Waals surface area contributed by atoms with Crippen LogP contribution in [-0.4, -0.2) is 41.8 Å². The minimum Gasteiger partial charge on any atom is -0.497 e. The van der Waals surface area contributed by atoms with Crippen molar-refractivity contribution in [2.24, 2.45) is 0 Å². The van der Waals surface area contributed by atoms with E-state index in [0.717, 1.165) is 25.9 Å². The maximum absolute atomic E-state index is 12.5. The highest BCUT2D eigenvalue weighted by Gasteiger charge is 2.25. The smallest absolute Gasteiger partial charge is 0.244 e. The van der Waals surface area contributed by atoms with Crippen LogP contribution in [-0.2, 0) is 10.0 Å². The van der Waals surface area contributed by atoms with E-state index < -0.39 is 10.0 Å². The molecule has 1 saturated heterocycles. The van der Waals surface area contributed by atoms with Crippen LogP contribution in [0.4, 0.5) is 0 Å². The van der Waals surface area contributed by atoms with Crippen LogP contribution in [0.1, 0.15) is 12.8 Å². The Morgan fingerprint density at radius 1 is 1.20 bits per heavy atom. The summed E-state index contributed by atoms with van der Waals surface area (Å²) in [6.45, 7) is 1.64. The number of hydrogen-bond donors (Lipinski definition) is 2. The Labute approximate surface area is 119 Å². The molecular formula is C13H20N2O4S. The number of ether oxygens (including phenoxy) is 2. The summed E-state index contributed by atoms with van der Waals surface area (Å²) in [5.74, 6) is 0.795. The molecule has 1 aliphatic rings. The van der Waals surface area contributed by atoms with Gasteiger partial charge in [-0.15, -0.1) is 0 Å². The van der Waals surface area contributed by atoms with Crippen molar-refractivity contribution in [3.8, 4) is 11.5 Å². The molecule has 0 aliphatic carbocycles. The molecule has 0 aromatic heterocycles. The first-order chi connectivity index (χ1) is 9.56. The second-order valence-corrected chi connectivity index (χ2v) is 6.34. The fourth-order valence-corrected chi connectivity index (χ4v) is 3.71. The van der Waals surface area contributed by atoms with E-state index in [4.69, 9.17) is 9.47 Å². The third kappa shape index (κ3) is 3.41. The average molecular weight is 300 g/mol. The lowest BCUT2D eigenvalue weighted by Crippen LogP contribution is -2.42. The van der Waals surface area contributed by atoms with Crippen molar-refractivity contribution in [1.29, 1.82) is 0 Å². The van der Waals surface area contributed by atoms with Crippen LogP contribution in [0.5, 0.6) is 11.5 Å². The highest BCUT2D eigenvalue weighted by Crippen LogP contribution is 2.28. The lowest BCUT2D eigenvalue weighted by atomic mass is 10.1. The third-order valence-corrected chi connectivity index (χ3v) is 4.86. The predicted octanol–water partition coefficient (Wildman–Crippen LogP) is 0.734. The number of sulfonamides is 1. The molecule has 112 valence electrons. The minimum absolute atomic E-state index is 0.0443. The van der Waals surface area contributed by atoms with Gasteiger partial charge in [0.1, 0.15) is 16.4 Å². The maximum Gasteiger partial charge on any atom is 0.244 e. The molecule has 2 rings (SSSR count). The summed E-state index contributed by atoms with van der Waals surface area (Å²) in [5.41, 5.74) is 0. The van der Waals surface area contributed by atoms with Crippen LogP contribution in [0.3, 0.4) is 0 Å². The number of benzene rings is 1. The van der Waals surface area contributed by atoms with E-state index in [9.17, 15) is 8.42 Å². The molecule has 0 atom stereocenters. The number of hydrogen-bond acceptors (Lipinski definition) is 5. The molecule has 2 N–H and O–H groups in total. The van der Waals surface area contributed by atoms with Crippen molar-refractivity contribution in [3.63, 3.8) is 0 Å². The Bertz CT molecular complexity index is 553. The van der Waals surface area contributed by atoms with Crippen molar-refractivity contribution in [2.45, 2.75) is 23.8 Å². The number of piperidine rings is 1. The Balaban J connectivity index is 2.27. The van der Waals surface area contributed by atoms with E-state index in [1.807, 2.05) is 0 Å². The summed E-state index contributed by atoms with van der Waals surface area (Å²) < 4.78 is 37.9. The van der Waals surface area contributed by atoms with Crippen LogP contribution < -0.4 is 19.5 Å². The average Bonchev–Trinajstić information content (AvgIpc) is 2.47. The monoisotopic (exact) mass is 300 g/mol. The van der Waals surface area contributed by atoms with E-state index in [2.05, 4.69) is 10.0 Å². The summed E-state index contributed by atoms with van der Waals surface area (Å²) in [6, 6.07) is 4.69. The first kappa shape index (κ1) is 15.1. The third-order valence-electron chi connectivity index (χ3n) is 3.32. The van der Waals surface area contributed by atoms with E-state index >= 15 is 0 Å². The van der Waals surface area contributed by atoms with Gasteiger partial charge in [-0.1, -0.05) is 0 Å². The van der Waals surface area contributed by atoms with Crippen molar-refractivity contribution in [3.05, 3.63) is 18.2 Å². The SMILES string of the molecule is COc1ccc(OC)c(S(=O)(=O)NC2CCNCC2)c1. The van der Waals surface area contributed by atoms with Crippen molar-refractivity contribution >= 4 is 10.0 Å². The molecule has 1 aromatic rings. The lowest BCUT2D eigenvalue weighted by molar-refractivity contribution is 0.390. The van der Waals surface area contributed by atoms with Gasteiger partial charge in [-0.25, -0.2) is 13.1 Å². The van der Waals surface area contributed by atoms with E-state index in [0.29, 0.717) is 11.5 Å². The second-order valence-electron chi connectivity index (χ2n) is 4.66. The van der Waals surface area contributed by atoms with E-state index in [1.165, 1.54) is 20.3 Å². The zero-order valence-corrected chi connectivity index (χ0v) is 12.5. The van der Waals surface area contributed by atoms with Crippen LogP contribution >= 0.6 is 0 Å². The Hall–Kier alpha value is -1.31. The quantitative estimate of drug-likeness (QED) is 0.838. The molecule has 1 heterocycles. The Morgan fingerprint density at radius 2 is 1.90 bits per heavy atom. The molecule has 6 nitrogen and oxygen atoms in total. The van der Waals surface area contributed by atoms with Crippen LogP contribution in [0, 0.1) is 0 Å². The molecule has 7 heteroatoms. The molecule has 0 amide bonds. The normalized spacial score (nSPS) is 16.9. The molecule has 1 aromatic carbocycles. The molecule has 0 bridgehead atoms. The van der Waals surface area contributed by atoms with Gasteiger partial charge in [0.25, 0.3) is 0 Å². The number of nitrogens with one attached hydrogen (secondary N) is 2. The Morgan fingerprint density at radius 3 is 2.50 bits per heavy atom. The summed E-state index contributed by atoms with van der Waals surface area (Å²) in [7, 11) is -0.670. The zero-order chi connectivity index (χ0) is 14.6. The second kappa shape index (κ2) is 6.43. The van der Waals surface area contributed by atoms with Gasteiger partial charge >= 0.3 is 0 Å². The fraction of sp³-hybridized carbons (Fsp3) is 0.538. The van der Waals surface area contributed by atoms with Crippen molar-refractivity contribution < 1.29 is 17.9 Å². The van der Waals surface area contributed by atoms with Crippen LogP contribution in [0.25, 0.3) is 0 Å². The number of methoxy groups -OCH3 is 2. The van der Waals surface area contributed by atoms with Gasteiger partial charge in [0.15, 0.2) is 0 Å². The van der Waals surface area contributed by atoms with Gasteiger partial charge in [-0.05, 0) is 38.1 Å². The highest BCUT2D eigenvalue weighted by molar-refractivity contribution is 7.89. The van der Waals surface area contributed by atoms with Gasteiger partial charge < -0.3 is 14.8 Å². The fourth-order valence-electron chi connectivity index (χ4n) is 2.22. The molecule has 1 aliphatic heterocycles. The van der Waals surface area contributed by atoms with Crippen LogP contribution in [0.15, 0.2) is 23.1 Å². The largest absolute Gasteiger partial charge is 0.497 e. The first-order valence-corrected chi connectivity index (χ1v) is 8.00. The molecule has 1 fully saturated rings. The minimum atomic E-state index is -3.62. The van der Waals surface area contributed by atoms with Gasteiger partial charge in [-0.2, -0.15) is 0 Å². The maximum atomic E-state index is 12.5. The first-order valence-electron chi connectivity index (χ1n) is 6.52. The lowest BCUT2D eigenvalue weighted by Gasteiger charge is -2.24. The number of rotatable bonds is 5. The Kier molecular flexibility index (Phi) is 4.85. The molecule has 0 unspecified atom stereocenters. The molecule has 0 spiro atoms. The summed E-state index contributed by atoms with van der Waals surface area (Å²) in [5, 5.41) is 3.20. The van der Waals surface area contributed by atoms with Crippen LogP contribution in [0.2, 0.25) is 0 Å². The summed E-state index contributed by atoms with van der Waals surface area (Å²) in [6.07, 6.45) is 1.57. The van der Waals surface area contributed by atoms with Gasteiger partial charge in [0.2, 0.25) is 10.0 Å². The van der Waals surface area contributed by atoms with Gasteiger partial charge in [0, 0.05) is 12.1 Å².